The van der Waals surface area contributed by atoms with Gasteiger partial charge in [0.25, 0.3) is 0 Å². The summed E-state index contributed by atoms with van der Waals surface area (Å²) in [5.41, 5.74) is 9.74. The minimum atomic E-state index is -0.219. The van der Waals surface area contributed by atoms with E-state index in [9.17, 15) is 4.39 Å². The van der Waals surface area contributed by atoms with Gasteiger partial charge >= 0.3 is 0 Å². The highest BCUT2D eigenvalue weighted by molar-refractivity contribution is 7.98. The maximum atomic E-state index is 13.4. The molecule has 0 atom stereocenters. The Bertz CT molecular complexity index is 581. The first-order valence-electron chi connectivity index (χ1n) is 6.27. The summed E-state index contributed by atoms with van der Waals surface area (Å²) in [6.07, 6.45) is 0. The summed E-state index contributed by atoms with van der Waals surface area (Å²) < 4.78 is 13.4. The van der Waals surface area contributed by atoms with Crippen LogP contribution in [-0.4, -0.2) is 0 Å². The normalized spacial score (nSPS) is 10.7. The van der Waals surface area contributed by atoms with E-state index in [0.717, 1.165) is 11.3 Å². The summed E-state index contributed by atoms with van der Waals surface area (Å²) in [5, 5.41) is 0. The van der Waals surface area contributed by atoms with Crippen LogP contribution < -0.4 is 5.73 Å². The number of nitrogens with two attached hydrogens (primary N) is 1. The first-order valence-corrected chi connectivity index (χ1v) is 7.26. The molecule has 0 heterocycles. The highest BCUT2D eigenvalue weighted by atomic mass is 32.2. The van der Waals surface area contributed by atoms with Crippen LogP contribution in [0.5, 0.6) is 0 Å². The molecule has 2 N–H and O–H groups in total. The van der Waals surface area contributed by atoms with Crippen molar-refractivity contribution in [3.63, 3.8) is 0 Å². The van der Waals surface area contributed by atoms with E-state index in [1.165, 1.54) is 22.1 Å². The van der Waals surface area contributed by atoms with Crippen molar-refractivity contribution in [3.05, 3.63) is 64.5 Å². The molecule has 2 rings (SSSR count). The van der Waals surface area contributed by atoms with E-state index >= 15 is 0 Å². The maximum Gasteiger partial charge on any atom is 0.127 e. The topological polar surface area (TPSA) is 26.0 Å². The highest BCUT2D eigenvalue weighted by Crippen LogP contribution is 2.27. The van der Waals surface area contributed by atoms with Crippen molar-refractivity contribution in [2.75, 3.05) is 0 Å². The van der Waals surface area contributed by atoms with Gasteiger partial charge in [-0.25, -0.2) is 4.39 Å². The molecule has 0 bridgehead atoms. The summed E-state index contributed by atoms with van der Waals surface area (Å²) in [4.78, 5) is 1.28. The minimum absolute atomic E-state index is 0.219. The quantitative estimate of drug-likeness (QED) is 0.847. The standard InChI is InChI=1S/C16H18FNS/c1-11-3-4-12(2)16(7-11)19-10-13-5-6-15(17)14(8-13)9-18/h3-8H,9-10,18H2,1-2H3. The van der Waals surface area contributed by atoms with Gasteiger partial charge in [-0.05, 0) is 37.1 Å². The predicted molar refractivity (Wildman–Crippen MR) is 79.8 cm³/mol. The van der Waals surface area contributed by atoms with Gasteiger partial charge in [-0.2, -0.15) is 0 Å². The van der Waals surface area contributed by atoms with Crippen LogP contribution in [0.25, 0.3) is 0 Å². The molecule has 100 valence electrons. The fourth-order valence-corrected chi connectivity index (χ4v) is 2.96. The SMILES string of the molecule is Cc1ccc(C)c(SCc2ccc(F)c(CN)c2)c1. The van der Waals surface area contributed by atoms with Crippen LogP contribution in [0.15, 0.2) is 41.3 Å². The first-order chi connectivity index (χ1) is 9.10. The molecule has 0 fully saturated rings. The molecule has 0 saturated carbocycles. The Labute approximate surface area is 118 Å². The number of halogens is 1. The summed E-state index contributed by atoms with van der Waals surface area (Å²) >= 11 is 1.78. The van der Waals surface area contributed by atoms with Crippen molar-refractivity contribution in [1.82, 2.24) is 0 Å². The molecule has 0 aromatic heterocycles. The molecule has 19 heavy (non-hydrogen) atoms. The van der Waals surface area contributed by atoms with E-state index in [2.05, 4.69) is 32.0 Å². The number of aryl methyl sites for hydroxylation is 2. The third kappa shape index (κ3) is 3.58. The third-order valence-corrected chi connectivity index (χ3v) is 4.30. The van der Waals surface area contributed by atoms with Crippen LogP contribution in [0.2, 0.25) is 0 Å². The van der Waals surface area contributed by atoms with Crippen molar-refractivity contribution in [2.24, 2.45) is 5.73 Å². The maximum absolute atomic E-state index is 13.4. The van der Waals surface area contributed by atoms with Gasteiger partial charge in [0.1, 0.15) is 5.82 Å². The van der Waals surface area contributed by atoms with E-state index in [1.54, 1.807) is 11.8 Å². The van der Waals surface area contributed by atoms with E-state index in [0.29, 0.717) is 5.56 Å². The van der Waals surface area contributed by atoms with Crippen LogP contribution in [0.3, 0.4) is 0 Å². The van der Waals surface area contributed by atoms with Crippen molar-refractivity contribution < 1.29 is 4.39 Å². The molecular formula is C16H18FNS. The van der Waals surface area contributed by atoms with Crippen molar-refractivity contribution >= 4 is 11.8 Å². The highest BCUT2D eigenvalue weighted by Gasteiger charge is 2.04. The fraction of sp³-hybridized carbons (Fsp3) is 0.250. The third-order valence-electron chi connectivity index (χ3n) is 3.07. The van der Waals surface area contributed by atoms with Crippen LogP contribution in [0.1, 0.15) is 22.3 Å². The molecule has 0 radical (unpaired) electrons. The molecule has 1 nitrogen and oxygen atoms in total. The summed E-state index contributed by atoms with van der Waals surface area (Å²) in [7, 11) is 0. The second-order valence-electron chi connectivity index (χ2n) is 4.69. The van der Waals surface area contributed by atoms with E-state index in [-0.39, 0.29) is 12.4 Å². The lowest BCUT2D eigenvalue weighted by atomic mass is 10.1. The molecule has 0 aliphatic carbocycles. The second kappa shape index (κ2) is 6.22. The van der Waals surface area contributed by atoms with Crippen LogP contribution in [0, 0.1) is 19.7 Å². The molecule has 0 aliphatic rings. The van der Waals surface area contributed by atoms with Gasteiger partial charge in [0.05, 0.1) is 0 Å². The Morgan fingerprint density at radius 1 is 1.11 bits per heavy atom. The number of thioether (sulfide) groups is 1. The lowest BCUT2D eigenvalue weighted by Crippen LogP contribution is -2.00. The summed E-state index contributed by atoms with van der Waals surface area (Å²) in [5.74, 6) is 0.611. The Balaban J connectivity index is 2.12. The number of hydrogen-bond acceptors (Lipinski definition) is 2. The fourth-order valence-electron chi connectivity index (χ4n) is 1.90. The second-order valence-corrected chi connectivity index (χ2v) is 5.70. The monoisotopic (exact) mass is 275 g/mol. The van der Waals surface area contributed by atoms with Gasteiger partial charge in [0.15, 0.2) is 0 Å². The molecule has 0 spiro atoms. The Morgan fingerprint density at radius 3 is 2.63 bits per heavy atom. The predicted octanol–water partition coefficient (Wildman–Crippen LogP) is 4.19. The molecular weight excluding hydrogens is 257 g/mol. The molecule has 2 aromatic carbocycles. The smallest absolute Gasteiger partial charge is 0.127 e. The number of rotatable bonds is 4. The van der Waals surface area contributed by atoms with Crippen LogP contribution in [-0.2, 0) is 12.3 Å². The van der Waals surface area contributed by atoms with E-state index in [4.69, 9.17) is 5.73 Å². The Hall–Kier alpha value is -1.32. The average molecular weight is 275 g/mol. The van der Waals surface area contributed by atoms with Gasteiger partial charge in [-0.3, -0.25) is 0 Å². The van der Waals surface area contributed by atoms with Crippen molar-refractivity contribution in [2.45, 2.75) is 31.0 Å². The molecule has 0 amide bonds. The van der Waals surface area contributed by atoms with Gasteiger partial charge in [0, 0.05) is 22.8 Å². The van der Waals surface area contributed by atoms with Gasteiger partial charge in [-0.15, -0.1) is 11.8 Å². The summed E-state index contributed by atoms with van der Waals surface area (Å²) in [6, 6.07) is 11.6. The zero-order valence-corrected chi connectivity index (χ0v) is 12.1. The van der Waals surface area contributed by atoms with Gasteiger partial charge in [0.2, 0.25) is 0 Å². The lowest BCUT2D eigenvalue weighted by molar-refractivity contribution is 0.610. The largest absolute Gasteiger partial charge is 0.326 e. The number of benzene rings is 2. The van der Waals surface area contributed by atoms with E-state index in [1.807, 2.05) is 12.1 Å². The van der Waals surface area contributed by atoms with Crippen LogP contribution in [0.4, 0.5) is 4.39 Å². The molecule has 0 aliphatic heterocycles. The average Bonchev–Trinajstić information content (AvgIpc) is 2.41. The first kappa shape index (κ1) is 14.1. The Kier molecular flexibility index (Phi) is 4.61. The Morgan fingerprint density at radius 2 is 1.89 bits per heavy atom. The van der Waals surface area contributed by atoms with Crippen LogP contribution >= 0.6 is 11.8 Å². The van der Waals surface area contributed by atoms with Gasteiger partial charge in [-0.1, -0.05) is 29.8 Å². The molecule has 0 saturated heterocycles. The van der Waals surface area contributed by atoms with Gasteiger partial charge < -0.3 is 5.73 Å². The van der Waals surface area contributed by atoms with E-state index < -0.39 is 0 Å². The molecule has 3 heteroatoms. The van der Waals surface area contributed by atoms with Crippen molar-refractivity contribution in [3.8, 4) is 0 Å². The zero-order chi connectivity index (χ0) is 13.8. The molecule has 0 unspecified atom stereocenters. The minimum Gasteiger partial charge on any atom is -0.326 e. The van der Waals surface area contributed by atoms with Crippen molar-refractivity contribution in [1.29, 1.82) is 0 Å². The number of hydrogen-bond donors (Lipinski definition) is 1. The lowest BCUT2D eigenvalue weighted by Gasteiger charge is -2.08. The summed E-state index contributed by atoms with van der Waals surface area (Å²) in [6.45, 7) is 4.44. The zero-order valence-electron chi connectivity index (χ0n) is 11.2. The molecule has 2 aromatic rings.